The standard InChI is InChI=1S/C17H19ClN2O3/c1-10-8-20(9-11(2)22-10)17(21)16-6-5-15(23-16)12-3-4-13(18)14(19)7-12/h3-7,10-11H,8-9,19H2,1-2H3/t10-,11-/m1/s1. The van der Waals surface area contributed by atoms with Crippen molar-refractivity contribution in [2.75, 3.05) is 18.8 Å². The number of anilines is 1. The van der Waals surface area contributed by atoms with Crippen molar-refractivity contribution in [1.82, 2.24) is 4.90 Å². The summed E-state index contributed by atoms with van der Waals surface area (Å²) in [7, 11) is 0. The third-order valence-corrected chi connectivity index (χ3v) is 4.15. The van der Waals surface area contributed by atoms with Gasteiger partial charge in [0.1, 0.15) is 5.76 Å². The van der Waals surface area contributed by atoms with Crippen molar-refractivity contribution in [3.63, 3.8) is 0 Å². The van der Waals surface area contributed by atoms with Crippen molar-refractivity contribution in [3.8, 4) is 11.3 Å². The second kappa shape index (κ2) is 6.26. The molecule has 0 radical (unpaired) electrons. The monoisotopic (exact) mass is 334 g/mol. The molecule has 2 atom stereocenters. The molecule has 1 aliphatic rings. The zero-order chi connectivity index (χ0) is 16.6. The Balaban J connectivity index is 1.81. The summed E-state index contributed by atoms with van der Waals surface area (Å²) >= 11 is 5.92. The topological polar surface area (TPSA) is 68.7 Å². The Morgan fingerprint density at radius 2 is 1.91 bits per heavy atom. The number of ether oxygens (including phenoxy) is 1. The lowest BCUT2D eigenvalue weighted by Crippen LogP contribution is -2.48. The first-order chi connectivity index (χ1) is 10.9. The summed E-state index contributed by atoms with van der Waals surface area (Å²) in [5.41, 5.74) is 7.07. The molecular formula is C17H19ClN2O3. The van der Waals surface area contributed by atoms with E-state index in [-0.39, 0.29) is 18.1 Å². The zero-order valence-electron chi connectivity index (χ0n) is 13.1. The molecule has 2 N–H and O–H groups in total. The number of morpholine rings is 1. The van der Waals surface area contributed by atoms with Crippen LogP contribution in [0, 0.1) is 0 Å². The van der Waals surface area contributed by atoms with E-state index in [0.29, 0.717) is 35.3 Å². The molecule has 1 fully saturated rings. The quantitative estimate of drug-likeness (QED) is 0.854. The predicted molar refractivity (Wildman–Crippen MR) is 89.5 cm³/mol. The van der Waals surface area contributed by atoms with Crippen LogP contribution >= 0.6 is 11.6 Å². The Morgan fingerprint density at radius 3 is 2.57 bits per heavy atom. The number of benzene rings is 1. The van der Waals surface area contributed by atoms with E-state index in [1.54, 1.807) is 29.2 Å². The van der Waals surface area contributed by atoms with Crippen molar-refractivity contribution < 1.29 is 13.9 Å². The van der Waals surface area contributed by atoms with Crippen LogP contribution < -0.4 is 5.73 Å². The Kier molecular flexibility index (Phi) is 4.33. The van der Waals surface area contributed by atoms with E-state index in [4.69, 9.17) is 26.5 Å². The molecule has 2 aromatic rings. The van der Waals surface area contributed by atoms with Crippen LogP contribution in [0.1, 0.15) is 24.4 Å². The second-order valence-electron chi connectivity index (χ2n) is 5.87. The largest absolute Gasteiger partial charge is 0.451 e. The van der Waals surface area contributed by atoms with Gasteiger partial charge in [-0.15, -0.1) is 0 Å². The maximum atomic E-state index is 12.6. The fourth-order valence-corrected chi connectivity index (χ4v) is 2.92. The molecule has 0 unspecified atom stereocenters. The van der Waals surface area contributed by atoms with Crippen molar-refractivity contribution in [2.45, 2.75) is 26.1 Å². The molecule has 1 saturated heterocycles. The normalized spacial score (nSPS) is 21.4. The van der Waals surface area contributed by atoms with Crippen LogP contribution in [0.15, 0.2) is 34.7 Å². The van der Waals surface area contributed by atoms with Crippen molar-refractivity contribution in [1.29, 1.82) is 0 Å². The minimum atomic E-state index is -0.125. The van der Waals surface area contributed by atoms with Crippen LogP contribution in [0.3, 0.4) is 0 Å². The molecule has 0 aliphatic carbocycles. The number of carbonyl (C=O) groups excluding carboxylic acids is 1. The van der Waals surface area contributed by atoms with Crippen LogP contribution in [0.25, 0.3) is 11.3 Å². The van der Waals surface area contributed by atoms with Gasteiger partial charge in [0.25, 0.3) is 5.91 Å². The van der Waals surface area contributed by atoms with Crippen LogP contribution in [0.5, 0.6) is 0 Å². The predicted octanol–water partition coefficient (Wildman–Crippen LogP) is 3.43. The van der Waals surface area contributed by atoms with Gasteiger partial charge in [0.15, 0.2) is 5.76 Å². The fourth-order valence-electron chi connectivity index (χ4n) is 2.80. The Bertz CT molecular complexity index is 718. The Morgan fingerprint density at radius 1 is 1.22 bits per heavy atom. The first-order valence-corrected chi connectivity index (χ1v) is 7.92. The van der Waals surface area contributed by atoms with E-state index in [2.05, 4.69) is 0 Å². The Hall–Kier alpha value is -1.98. The van der Waals surface area contributed by atoms with Crippen LogP contribution in [-0.2, 0) is 4.74 Å². The molecule has 1 amide bonds. The highest BCUT2D eigenvalue weighted by Crippen LogP contribution is 2.28. The molecule has 1 aromatic carbocycles. The summed E-state index contributed by atoms with van der Waals surface area (Å²) in [5, 5.41) is 0.493. The van der Waals surface area contributed by atoms with Gasteiger partial charge in [-0.05, 0) is 44.2 Å². The minimum Gasteiger partial charge on any atom is -0.451 e. The first-order valence-electron chi connectivity index (χ1n) is 7.54. The van der Waals surface area contributed by atoms with E-state index in [0.717, 1.165) is 5.56 Å². The highest BCUT2D eigenvalue weighted by Gasteiger charge is 2.28. The molecule has 1 aliphatic heterocycles. The third kappa shape index (κ3) is 3.35. The van der Waals surface area contributed by atoms with E-state index in [9.17, 15) is 4.79 Å². The summed E-state index contributed by atoms with van der Waals surface area (Å²) in [6.07, 6.45) is 0.0430. The van der Waals surface area contributed by atoms with Crippen molar-refractivity contribution >= 4 is 23.2 Å². The number of nitrogen functional groups attached to an aromatic ring is 1. The molecule has 5 nitrogen and oxygen atoms in total. The van der Waals surface area contributed by atoms with Crippen LogP contribution in [-0.4, -0.2) is 36.1 Å². The smallest absolute Gasteiger partial charge is 0.289 e. The highest BCUT2D eigenvalue weighted by atomic mass is 35.5. The van der Waals surface area contributed by atoms with Crippen molar-refractivity contribution in [2.24, 2.45) is 0 Å². The van der Waals surface area contributed by atoms with Gasteiger partial charge in [0.05, 0.1) is 22.9 Å². The van der Waals surface area contributed by atoms with Gasteiger partial charge in [-0.3, -0.25) is 4.79 Å². The molecule has 0 bridgehead atoms. The number of amides is 1. The fraction of sp³-hybridized carbons (Fsp3) is 0.353. The average Bonchev–Trinajstić information content (AvgIpc) is 2.98. The molecule has 0 saturated carbocycles. The number of furan rings is 1. The lowest BCUT2D eigenvalue weighted by molar-refractivity contribution is -0.0592. The summed E-state index contributed by atoms with van der Waals surface area (Å²) in [6, 6.07) is 8.71. The number of halogens is 1. The maximum absolute atomic E-state index is 12.6. The zero-order valence-corrected chi connectivity index (χ0v) is 13.8. The molecule has 6 heteroatoms. The summed E-state index contributed by atoms with van der Waals surface area (Å²) < 4.78 is 11.4. The molecule has 122 valence electrons. The van der Waals surface area contributed by atoms with Gasteiger partial charge in [-0.1, -0.05) is 11.6 Å². The number of hydrogen-bond acceptors (Lipinski definition) is 4. The molecule has 23 heavy (non-hydrogen) atoms. The summed E-state index contributed by atoms with van der Waals surface area (Å²) in [4.78, 5) is 14.3. The number of hydrogen-bond donors (Lipinski definition) is 1. The maximum Gasteiger partial charge on any atom is 0.289 e. The number of rotatable bonds is 2. The molecule has 1 aromatic heterocycles. The highest BCUT2D eigenvalue weighted by molar-refractivity contribution is 6.33. The number of carbonyl (C=O) groups is 1. The molecule has 3 rings (SSSR count). The lowest BCUT2D eigenvalue weighted by Gasteiger charge is -2.34. The van der Waals surface area contributed by atoms with E-state index in [1.807, 2.05) is 19.9 Å². The first kappa shape index (κ1) is 15.9. The Labute approximate surface area is 140 Å². The van der Waals surface area contributed by atoms with Gasteiger partial charge in [-0.25, -0.2) is 0 Å². The number of nitrogens with zero attached hydrogens (tertiary/aromatic N) is 1. The molecule has 0 spiro atoms. The van der Waals surface area contributed by atoms with Gasteiger partial charge in [0, 0.05) is 18.7 Å². The van der Waals surface area contributed by atoms with Gasteiger partial charge in [0.2, 0.25) is 0 Å². The van der Waals surface area contributed by atoms with Gasteiger partial charge in [-0.2, -0.15) is 0 Å². The third-order valence-electron chi connectivity index (χ3n) is 3.80. The minimum absolute atomic E-state index is 0.0215. The average molecular weight is 335 g/mol. The summed E-state index contributed by atoms with van der Waals surface area (Å²) in [6.45, 7) is 5.04. The van der Waals surface area contributed by atoms with E-state index in [1.165, 1.54) is 0 Å². The lowest BCUT2D eigenvalue weighted by atomic mass is 10.1. The number of nitrogens with two attached hydrogens (primary N) is 1. The van der Waals surface area contributed by atoms with E-state index < -0.39 is 0 Å². The van der Waals surface area contributed by atoms with Crippen LogP contribution in [0.4, 0.5) is 5.69 Å². The van der Waals surface area contributed by atoms with E-state index >= 15 is 0 Å². The summed E-state index contributed by atoms with van der Waals surface area (Å²) in [5.74, 6) is 0.779. The molecule has 2 heterocycles. The van der Waals surface area contributed by atoms with Crippen molar-refractivity contribution in [3.05, 3.63) is 41.1 Å². The SMILES string of the molecule is C[C@@H]1CN(C(=O)c2ccc(-c3ccc(Cl)c(N)c3)o2)C[C@@H](C)O1. The van der Waals surface area contributed by atoms with Gasteiger partial charge < -0.3 is 19.8 Å². The second-order valence-corrected chi connectivity index (χ2v) is 6.27. The van der Waals surface area contributed by atoms with Gasteiger partial charge >= 0.3 is 0 Å². The van der Waals surface area contributed by atoms with Crippen LogP contribution in [0.2, 0.25) is 5.02 Å². The molecular weight excluding hydrogens is 316 g/mol.